The van der Waals surface area contributed by atoms with Crippen molar-refractivity contribution in [3.05, 3.63) is 0 Å². The largest absolute Gasteiger partial charge is 0.355 e. The number of likely N-dealkylation sites (N-methyl/N-ethyl adjacent to an activating group) is 1. The lowest BCUT2D eigenvalue weighted by Gasteiger charge is -2.33. The molecule has 0 spiro atoms. The predicted molar refractivity (Wildman–Crippen MR) is 56.3 cm³/mol. The quantitative estimate of drug-likeness (QED) is 0.650. The molecule has 14 heavy (non-hydrogen) atoms. The minimum Gasteiger partial charge on any atom is -0.355 e. The number of nitrogens with zero attached hydrogens (tertiary/aromatic N) is 1. The van der Waals surface area contributed by atoms with Crippen LogP contribution in [0.4, 0.5) is 0 Å². The smallest absolute Gasteiger partial charge is 0.169 e. The molecule has 84 valence electrons. The standard InChI is InChI=1S/C10H22N2O2/c1-11-9-5-4-6-12(7-9)8-10(13-2)14-3/h9-11H,4-8H2,1-3H3. The van der Waals surface area contributed by atoms with Crippen molar-refractivity contribution in [3.8, 4) is 0 Å². The van der Waals surface area contributed by atoms with Crippen LogP contribution in [0.3, 0.4) is 0 Å². The van der Waals surface area contributed by atoms with Crippen LogP contribution in [0.5, 0.6) is 0 Å². The second-order valence-electron chi connectivity index (χ2n) is 3.79. The Morgan fingerprint density at radius 3 is 2.71 bits per heavy atom. The molecule has 0 amide bonds. The molecule has 4 heteroatoms. The number of likely N-dealkylation sites (tertiary alicyclic amines) is 1. The normalized spacial score (nSPS) is 24.4. The van der Waals surface area contributed by atoms with Crippen LogP contribution in [0, 0.1) is 0 Å². The molecule has 1 aliphatic rings. The van der Waals surface area contributed by atoms with E-state index < -0.39 is 0 Å². The third-order valence-corrected chi connectivity index (χ3v) is 2.85. The average Bonchev–Trinajstić information content (AvgIpc) is 2.26. The molecular weight excluding hydrogens is 180 g/mol. The van der Waals surface area contributed by atoms with Crippen molar-refractivity contribution in [3.63, 3.8) is 0 Å². The fourth-order valence-electron chi connectivity index (χ4n) is 1.91. The van der Waals surface area contributed by atoms with Crippen LogP contribution >= 0.6 is 0 Å². The summed E-state index contributed by atoms with van der Waals surface area (Å²) in [6, 6.07) is 0.623. The van der Waals surface area contributed by atoms with Crippen molar-refractivity contribution in [1.82, 2.24) is 10.2 Å². The van der Waals surface area contributed by atoms with Crippen molar-refractivity contribution in [2.24, 2.45) is 0 Å². The van der Waals surface area contributed by atoms with E-state index in [2.05, 4.69) is 10.2 Å². The van der Waals surface area contributed by atoms with Gasteiger partial charge >= 0.3 is 0 Å². The summed E-state index contributed by atoms with van der Waals surface area (Å²) in [5.41, 5.74) is 0. The van der Waals surface area contributed by atoms with Crippen molar-refractivity contribution in [1.29, 1.82) is 0 Å². The fourth-order valence-corrected chi connectivity index (χ4v) is 1.91. The first kappa shape index (κ1) is 11.9. The summed E-state index contributed by atoms with van der Waals surface area (Å²) < 4.78 is 10.4. The summed E-state index contributed by atoms with van der Waals surface area (Å²) in [5, 5.41) is 3.32. The molecule has 0 aromatic rings. The Balaban J connectivity index is 2.29. The monoisotopic (exact) mass is 202 g/mol. The van der Waals surface area contributed by atoms with Gasteiger partial charge in [0, 0.05) is 33.4 Å². The predicted octanol–water partition coefficient (Wildman–Crippen LogP) is 0.289. The first-order valence-corrected chi connectivity index (χ1v) is 5.25. The molecule has 0 aromatic heterocycles. The van der Waals surface area contributed by atoms with E-state index in [1.54, 1.807) is 14.2 Å². The molecule has 0 aliphatic carbocycles. The van der Waals surface area contributed by atoms with Gasteiger partial charge in [0.15, 0.2) is 6.29 Å². The van der Waals surface area contributed by atoms with Gasteiger partial charge in [-0.15, -0.1) is 0 Å². The number of piperidine rings is 1. The minimum absolute atomic E-state index is 0.0920. The highest BCUT2D eigenvalue weighted by Crippen LogP contribution is 2.10. The molecule has 4 nitrogen and oxygen atoms in total. The third kappa shape index (κ3) is 3.53. The fraction of sp³-hybridized carbons (Fsp3) is 1.00. The molecule has 1 aliphatic heterocycles. The zero-order valence-corrected chi connectivity index (χ0v) is 9.45. The second kappa shape index (κ2) is 6.35. The Bertz CT molecular complexity index is 151. The van der Waals surface area contributed by atoms with E-state index in [-0.39, 0.29) is 6.29 Å². The van der Waals surface area contributed by atoms with Gasteiger partial charge in [-0.2, -0.15) is 0 Å². The first-order chi connectivity index (χ1) is 6.80. The topological polar surface area (TPSA) is 33.7 Å². The summed E-state index contributed by atoms with van der Waals surface area (Å²) in [6.07, 6.45) is 2.44. The maximum Gasteiger partial charge on any atom is 0.169 e. The molecule has 1 saturated heterocycles. The van der Waals surface area contributed by atoms with Crippen LogP contribution in [0.25, 0.3) is 0 Å². The lowest BCUT2D eigenvalue weighted by molar-refractivity contribution is -0.118. The van der Waals surface area contributed by atoms with Gasteiger partial charge in [0.05, 0.1) is 0 Å². The molecule has 0 bridgehead atoms. The van der Waals surface area contributed by atoms with Crippen LogP contribution in [-0.4, -0.2) is 58.1 Å². The summed E-state index contributed by atoms with van der Waals surface area (Å²) in [7, 11) is 5.40. The number of rotatable bonds is 5. The Morgan fingerprint density at radius 2 is 2.14 bits per heavy atom. The van der Waals surface area contributed by atoms with Gasteiger partial charge < -0.3 is 14.8 Å². The molecule has 1 unspecified atom stereocenters. The highest BCUT2D eigenvalue weighted by Gasteiger charge is 2.20. The van der Waals surface area contributed by atoms with E-state index >= 15 is 0 Å². The molecule has 1 N–H and O–H groups in total. The van der Waals surface area contributed by atoms with Crippen molar-refractivity contribution < 1.29 is 9.47 Å². The maximum atomic E-state index is 5.19. The van der Waals surface area contributed by atoms with Gasteiger partial charge in [0.2, 0.25) is 0 Å². The number of hydrogen-bond acceptors (Lipinski definition) is 4. The number of hydrogen-bond donors (Lipinski definition) is 1. The van der Waals surface area contributed by atoms with Gasteiger partial charge in [-0.05, 0) is 26.4 Å². The molecule has 0 radical (unpaired) electrons. The second-order valence-corrected chi connectivity index (χ2v) is 3.79. The molecule has 1 heterocycles. The number of methoxy groups -OCH3 is 2. The van der Waals surface area contributed by atoms with E-state index in [9.17, 15) is 0 Å². The highest BCUT2D eigenvalue weighted by molar-refractivity contribution is 4.77. The Labute approximate surface area is 86.6 Å². The maximum absolute atomic E-state index is 5.19. The van der Waals surface area contributed by atoms with E-state index in [1.807, 2.05) is 7.05 Å². The van der Waals surface area contributed by atoms with Gasteiger partial charge in [-0.25, -0.2) is 0 Å². The van der Waals surface area contributed by atoms with Gasteiger partial charge in [-0.1, -0.05) is 0 Å². The van der Waals surface area contributed by atoms with Gasteiger partial charge in [0.25, 0.3) is 0 Å². The molecular formula is C10H22N2O2. The van der Waals surface area contributed by atoms with E-state index in [4.69, 9.17) is 9.47 Å². The van der Waals surface area contributed by atoms with E-state index in [0.29, 0.717) is 6.04 Å². The number of ether oxygens (including phenoxy) is 2. The third-order valence-electron chi connectivity index (χ3n) is 2.85. The summed E-state index contributed by atoms with van der Waals surface area (Å²) in [4.78, 5) is 2.39. The summed E-state index contributed by atoms with van der Waals surface area (Å²) in [6.45, 7) is 3.12. The molecule has 1 atom stereocenters. The van der Waals surface area contributed by atoms with Crippen molar-refractivity contribution >= 4 is 0 Å². The molecule has 0 saturated carbocycles. The van der Waals surface area contributed by atoms with Gasteiger partial charge in [-0.3, -0.25) is 4.90 Å². The van der Waals surface area contributed by atoms with Crippen LogP contribution < -0.4 is 5.32 Å². The SMILES string of the molecule is CNC1CCCN(CC(OC)OC)C1. The van der Waals surface area contributed by atoms with Crippen LogP contribution in [0.2, 0.25) is 0 Å². The summed E-state index contributed by atoms with van der Waals surface area (Å²) >= 11 is 0. The lowest BCUT2D eigenvalue weighted by atomic mass is 10.1. The van der Waals surface area contributed by atoms with E-state index in [0.717, 1.165) is 19.6 Å². The zero-order valence-electron chi connectivity index (χ0n) is 9.45. The molecule has 0 aromatic carbocycles. The van der Waals surface area contributed by atoms with Crippen LogP contribution in [-0.2, 0) is 9.47 Å². The first-order valence-electron chi connectivity index (χ1n) is 5.25. The highest BCUT2D eigenvalue weighted by atomic mass is 16.7. The zero-order chi connectivity index (χ0) is 10.4. The van der Waals surface area contributed by atoms with Crippen LogP contribution in [0.15, 0.2) is 0 Å². The molecule has 1 rings (SSSR count). The number of nitrogens with one attached hydrogen (secondary N) is 1. The van der Waals surface area contributed by atoms with Crippen molar-refractivity contribution in [2.45, 2.75) is 25.2 Å². The van der Waals surface area contributed by atoms with Crippen LogP contribution in [0.1, 0.15) is 12.8 Å². The van der Waals surface area contributed by atoms with Crippen molar-refractivity contribution in [2.75, 3.05) is 40.9 Å². The Kier molecular flexibility index (Phi) is 5.40. The summed E-state index contributed by atoms with van der Waals surface area (Å²) in [5.74, 6) is 0. The molecule has 1 fully saturated rings. The van der Waals surface area contributed by atoms with Gasteiger partial charge in [0.1, 0.15) is 0 Å². The lowest BCUT2D eigenvalue weighted by Crippen LogP contribution is -2.47. The minimum atomic E-state index is -0.0920. The van der Waals surface area contributed by atoms with E-state index in [1.165, 1.54) is 12.8 Å². The average molecular weight is 202 g/mol. The Hall–Kier alpha value is -0.160. The Morgan fingerprint density at radius 1 is 1.43 bits per heavy atom.